The number of hydrogen-bond donors (Lipinski definition) is 1. The Morgan fingerprint density at radius 1 is 1.06 bits per heavy atom. The number of rotatable bonds is 5. The predicted molar refractivity (Wildman–Crippen MR) is 73.7 cm³/mol. The molecule has 0 saturated carbocycles. The van der Waals surface area contributed by atoms with Crippen LogP contribution < -0.4 is 5.73 Å². The van der Waals surface area contributed by atoms with Crippen molar-refractivity contribution in [2.45, 2.75) is 19.6 Å². The highest BCUT2D eigenvalue weighted by atomic mass is 15.1. The summed E-state index contributed by atoms with van der Waals surface area (Å²) in [7, 11) is 2.10. The lowest BCUT2D eigenvalue weighted by atomic mass is 10.1. The van der Waals surface area contributed by atoms with Crippen LogP contribution in [0.15, 0.2) is 48.7 Å². The molecule has 3 heteroatoms. The summed E-state index contributed by atoms with van der Waals surface area (Å²) >= 11 is 0. The van der Waals surface area contributed by atoms with Crippen LogP contribution >= 0.6 is 0 Å². The van der Waals surface area contributed by atoms with Gasteiger partial charge in [-0.05, 0) is 30.3 Å². The van der Waals surface area contributed by atoms with Gasteiger partial charge in [-0.3, -0.25) is 9.88 Å². The molecule has 0 unspecified atom stereocenters. The molecule has 94 valence electrons. The molecule has 2 N–H and O–H groups in total. The molecule has 18 heavy (non-hydrogen) atoms. The van der Waals surface area contributed by atoms with Gasteiger partial charge in [0.1, 0.15) is 0 Å². The van der Waals surface area contributed by atoms with Gasteiger partial charge in [0.25, 0.3) is 0 Å². The van der Waals surface area contributed by atoms with Crippen LogP contribution in [0.2, 0.25) is 0 Å². The van der Waals surface area contributed by atoms with E-state index in [-0.39, 0.29) is 0 Å². The number of nitrogens with zero attached hydrogens (tertiary/aromatic N) is 2. The van der Waals surface area contributed by atoms with E-state index in [0.29, 0.717) is 6.54 Å². The van der Waals surface area contributed by atoms with E-state index >= 15 is 0 Å². The lowest BCUT2D eigenvalue weighted by molar-refractivity contribution is 0.315. The average Bonchev–Trinajstić information content (AvgIpc) is 2.40. The largest absolute Gasteiger partial charge is 0.326 e. The fourth-order valence-corrected chi connectivity index (χ4v) is 1.99. The van der Waals surface area contributed by atoms with E-state index in [1.807, 2.05) is 24.4 Å². The smallest absolute Gasteiger partial charge is 0.0543 e. The Kier molecular flexibility index (Phi) is 4.45. The summed E-state index contributed by atoms with van der Waals surface area (Å²) in [6.45, 7) is 2.36. The SMILES string of the molecule is CN(Cc1cccc(CN)c1)Cc1ccccn1. The van der Waals surface area contributed by atoms with Crippen LogP contribution in [0.3, 0.4) is 0 Å². The molecule has 0 aliphatic heterocycles. The van der Waals surface area contributed by atoms with Crippen LogP contribution in [0.5, 0.6) is 0 Å². The topological polar surface area (TPSA) is 42.1 Å². The second kappa shape index (κ2) is 6.28. The van der Waals surface area contributed by atoms with E-state index in [9.17, 15) is 0 Å². The van der Waals surface area contributed by atoms with Crippen molar-refractivity contribution in [1.29, 1.82) is 0 Å². The molecule has 0 aliphatic rings. The zero-order valence-electron chi connectivity index (χ0n) is 10.7. The fraction of sp³-hybridized carbons (Fsp3) is 0.267. The molecule has 0 radical (unpaired) electrons. The number of aromatic nitrogens is 1. The zero-order valence-corrected chi connectivity index (χ0v) is 10.7. The molecule has 0 amide bonds. The van der Waals surface area contributed by atoms with Gasteiger partial charge in [-0.1, -0.05) is 30.3 Å². The Balaban J connectivity index is 1.96. The summed E-state index contributed by atoms with van der Waals surface area (Å²) in [5, 5.41) is 0. The van der Waals surface area contributed by atoms with Crippen molar-refractivity contribution in [3.8, 4) is 0 Å². The zero-order chi connectivity index (χ0) is 12.8. The minimum atomic E-state index is 0.595. The lowest BCUT2D eigenvalue weighted by Crippen LogP contribution is -2.18. The van der Waals surface area contributed by atoms with Crippen molar-refractivity contribution >= 4 is 0 Å². The molecule has 0 aliphatic carbocycles. The van der Waals surface area contributed by atoms with Gasteiger partial charge in [-0.2, -0.15) is 0 Å². The second-order valence-electron chi connectivity index (χ2n) is 4.52. The Hall–Kier alpha value is -1.71. The summed E-state index contributed by atoms with van der Waals surface area (Å²) in [4.78, 5) is 6.58. The monoisotopic (exact) mass is 241 g/mol. The van der Waals surface area contributed by atoms with Gasteiger partial charge in [0.05, 0.1) is 5.69 Å². The molecule has 2 rings (SSSR count). The number of hydrogen-bond acceptors (Lipinski definition) is 3. The fourth-order valence-electron chi connectivity index (χ4n) is 1.99. The van der Waals surface area contributed by atoms with Crippen LogP contribution in [0.4, 0.5) is 0 Å². The molecule has 1 heterocycles. The van der Waals surface area contributed by atoms with Crippen molar-refractivity contribution in [1.82, 2.24) is 9.88 Å². The molecule has 0 atom stereocenters. The maximum atomic E-state index is 5.65. The van der Waals surface area contributed by atoms with E-state index in [1.165, 1.54) is 11.1 Å². The quantitative estimate of drug-likeness (QED) is 0.872. The summed E-state index contributed by atoms with van der Waals surface area (Å²) in [5.41, 5.74) is 9.21. The van der Waals surface area contributed by atoms with Gasteiger partial charge in [0.15, 0.2) is 0 Å². The first-order valence-corrected chi connectivity index (χ1v) is 6.14. The van der Waals surface area contributed by atoms with Crippen molar-refractivity contribution in [3.05, 3.63) is 65.5 Å². The third kappa shape index (κ3) is 3.65. The molecule has 1 aromatic carbocycles. The van der Waals surface area contributed by atoms with Crippen LogP contribution in [0, 0.1) is 0 Å². The Bertz CT molecular complexity index is 482. The highest BCUT2D eigenvalue weighted by Crippen LogP contribution is 2.09. The predicted octanol–water partition coefficient (Wildman–Crippen LogP) is 2.17. The van der Waals surface area contributed by atoms with E-state index in [4.69, 9.17) is 5.73 Å². The highest BCUT2D eigenvalue weighted by molar-refractivity contribution is 5.23. The van der Waals surface area contributed by atoms with Crippen molar-refractivity contribution < 1.29 is 0 Å². The van der Waals surface area contributed by atoms with Crippen LogP contribution in [0.25, 0.3) is 0 Å². The normalized spacial score (nSPS) is 10.8. The first-order chi connectivity index (χ1) is 8.78. The van der Waals surface area contributed by atoms with Crippen molar-refractivity contribution in [3.63, 3.8) is 0 Å². The number of nitrogens with two attached hydrogens (primary N) is 1. The molecule has 0 saturated heterocycles. The second-order valence-corrected chi connectivity index (χ2v) is 4.52. The molecule has 0 fully saturated rings. The average molecular weight is 241 g/mol. The first-order valence-electron chi connectivity index (χ1n) is 6.14. The molecule has 1 aromatic heterocycles. The minimum absolute atomic E-state index is 0.595. The van der Waals surface area contributed by atoms with E-state index < -0.39 is 0 Å². The Morgan fingerprint density at radius 3 is 2.61 bits per heavy atom. The maximum absolute atomic E-state index is 5.65. The lowest BCUT2D eigenvalue weighted by Gasteiger charge is -2.16. The number of benzene rings is 1. The summed E-state index contributed by atoms with van der Waals surface area (Å²) in [5.74, 6) is 0. The summed E-state index contributed by atoms with van der Waals surface area (Å²) in [6, 6.07) is 14.4. The van der Waals surface area contributed by atoms with Gasteiger partial charge < -0.3 is 5.73 Å². The van der Waals surface area contributed by atoms with Crippen molar-refractivity contribution in [2.24, 2.45) is 5.73 Å². The summed E-state index contributed by atoms with van der Waals surface area (Å²) in [6.07, 6.45) is 1.83. The molecular formula is C15H19N3. The van der Waals surface area contributed by atoms with Crippen LogP contribution in [0.1, 0.15) is 16.8 Å². The molecule has 0 bridgehead atoms. The molecule has 3 nitrogen and oxygen atoms in total. The molecule has 2 aromatic rings. The van der Waals surface area contributed by atoms with E-state index in [1.54, 1.807) is 0 Å². The Labute approximate surface area is 108 Å². The third-order valence-electron chi connectivity index (χ3n) is 2.84. The van der Waals surface area contributed by atoms with Crippen molar-refractivity contribution in [2.75, 3.05) is 7.05 Å². The Morgan fingerprint density at radius 2 is 1.89 bits per heavy atom. The standard InChI is InChI=1S/C15H19N3/c1-18(12-15-7-2-3-8-17-15)11-14-6-4-5-13(9-14)10-16/h2-9H,10-12,16H2,1H3. The number of pyridine rings is 1. The van der Waals surface area contributed by atoms with Gasteiger partial charge in [-0.15, -0.1) is 0 Å². The van der Waals surface area contributed by atoms with Gasteiger partial charge in [-0.25, -0.2) is 0 Å². The highest BCUT2D eigenvalue weighted by Gasteiger charge is 2.02. The summed E-state index contributed by atoms with van der Waals surface area (Å²) < 4.78 is 0. The first kappa shape index (κ1) is 12.7. The maximum Gasteiger partial charge on any atom is 0.0543 e. The van der Waals surface area contributed by atoms with E-state index in [2.05, 4.69) is 41.2 Å². The van der Waals surface area contributed by atoms with E-state index in [0.717, 1.165) is 18.8 Å². The minimum Gasteiger partial charge on any atom is -0.326 e. The van der Waals surface area contributed by atoms with Crippen LogP contribution in [-0.4, -0.2) is 16.9 Å². The third-order valence-corrected chi connectivity index (χ3v) is 2.84. The van der Waals surface area contributed by atoms with Gasteiger partial charge >= 0.3 is 0 Å². The molecular weight excluding hydrogens is 222 g/mol. The van der Waals surface area contributed by atoms with Gasteiger partial charge in [0.2, 0.25) is 0 Å². The molecule has 0 spiro atoms. The van der Waals surface area contributed by atoms with Crippen LogP contribution in [-0.2, 0) is 19.6 Å². The van der Waals surface area contributed by atoms with Gasteiger partial charge in [0, 0.05) is 25.8 Å².